The fourth-order valence-corrected chi connectivity index (χ4v) is 3.85. The highest BCUT2D eigenvalue weighted by atomic mass is 35.5. The van der Waals surface area contributed by atoms with Crippen molar-refractivity contribution in [1.82, 2.24) is 24.1 Å². The fraction of sp³-hybridized carbons (Fsp3) is 0.462. The van der Waals surface area contributed by atoms with Crippen LogP contribution in [0.25, 0.3) is 0 Å². The van der Waals surface area contributed by atoms with Gasteiger partial charge in [-0.25, -0.2) is 8.42 Å². The first-order valence-electron chi connectivity index (χ1n) is 6.98. The number of fused-ring (bicyclic) bond motifs is 1. The first kappa shape index (κ1) is 16.2. The number of aromatic nitrogens is 4. The molecule has 0 amide bonds. The van der Waals surface area contributed by atoms with Gasteiger partial charge in [-0.3, -0.25) is 4.98 Å². The lowest BCUT2D eigenvalue weighted by molar-refractivity contribution is 0.255. The van der Waals surface area contributed by atoms with Crippen LogP contribution < -0.4 is 4.74 Å². The van der Waals surface area contributed by atoms with E-state index in [0.717, 1.165) is 0 Å². The fourth-order valence-electron chi connectivity index (χ4n) is 2.60. The van der Waals surface area contributed by atoms with E-state index in [9.17, 15) is 8.42 Å². The Morgan fingerprint density at radius 2 is 2.13 bits per heavy atom. The van der Waals surface area contributed by atoms with Crippen LogP contribution in [0.4, 0.5) is 0 Å². The molecule has 1 aliphatic rings. The largest absolute Gasteiger partial charge is 0.484 e. The lowest BCUT2D eigenvalue weighted by atomic mass is 10.2. The summed E-state index contributed by atoms with van der Waals surface area (Å²) in [7, 11) is -3.27. The molecule has 0 spiro atoms. The van der Waals surface area contributed by atoms with Crippen LogP contribution in [-0.2, 0) is 23.2 Å². The Hall–Kier alpha value is -1.71. The summed E-state index contributed by atoms with van der Waals surface area (Å²) >= 11 is 5.86. The van der Waals surface area contributed by atoms with E-state index in [0.29, 0.717) is 35.5 Å². The van der Waals surface area contributed by atoms with Crippen LogP contribution in [0.5, 0.6) is 5.75 Å². The molecule has 0 saturated heterocycles. The van der Waals surface area contributed by atoms with Gasteiger partial charge in [0.1, 0.15) is 12.4 Å². The van der Waals surface area contributed by atoms with Crippen molar-refractivity contribution >= 4 is 21.6 Å². The molecule has 0 bridgehead atoms. The molecule has 1 aliphatic heterocycles. The van der Waals surface area contributed by atoms with Gasteiger partial charge < -0.3 is 9.30 Å². The molecule has 2 aromatic heterocycles. The van der Waals surface area contributed by atoms with Crippen molar-refractivity contribution in [1.29, 1.82) is 0 Å². The topological polar surface area (TPSA) is 90.2 Å². The summed E-state index contributed by atoms with van der Waals surface area (Å²) in [5.41, 5.74) is 0. The SMILES string of the molecule is C[C@@H]1c2nnc(COc3cncc(Cl)c3)n2CCN1S(C)(=O)=O. The van der Waals surface area contributed by atoms with Crippen molar-refractivity contribution in [3.63, 3.8) is 0 Å². The highest BCUT2D eigenvalue weighted by Gasteiger charge is 2.33. The third-order valence-corrected chi connectivity index (χ3v) is 5.24. The van der Waals surface area contributed by atoms with Crippen LogP contribution in [0.15, 0.2) is 18.5 Å². The number of ether oxygens (including phenoxy) is 1. The maximum absolute atomic E-state index is 11.8. The molecular weight excluding hydrogens is 342 g/mol. The van der Waals surface area contributed by atoms with Crippen LogP contribution in [0, 0.1) is 0 Å². The second kappa shape index (κ2) is 6.06. The zero-order chi connectivity index (χ0) is 16.6. The monoisotopic (exact) mass is 357 g/mol. The second-order valence-corrected chi connectivity index (χ2v) is 7.67. The van der Waals surface area contributed by atoms with Crippen LogP contribution >= 0.6 is 11.6 Å². The van der Waals surface area contributed by atoms with Gasteiger partial charge >= 0.3 is 0 Å². The van der Waals surface area contributed by atoms with Gasteiger partial charge in [0.15, 0.2) is 11.6 Å². The molecule has 3 heterocycles. The molecular formula is C13H16ClN5O3S. The summed E-state index contributed by atoms with van der Waals surface area (Å²) in [6.45, 7) is 2.88. The molecule has 3 rings (SSSR count). The Bertz CT molecular complexity index is 823. The highest BCUT2D eigenvalue weighted by Crippen LogP contribution is 2.26. The Balaban J connectivity index is 1.78. The summed E-state index contributed by atoms with van der Waals surface area (Å²) in [6, 6.07) is 1.31. The molecule has 23 heavy (non-hydrogen) atoms. The zero-order valence-electron chi connectivity index (χ0n) is 12.7. The molecule has 2 aromatic rings. The summed E-state index contributed by atoms with van der Waals surface area (Å²) in [4.78, 5) is 3.95. The molecule has 0 N–H and O–H groups in total. The van der Waals surface area contributed by atoms with Crippen molar-refractivity contribution in [3.05, 3.63) is 35.1 Å². The highest BCUT2D eigenvalue weighted by molar-refractivity contribution is 7.88. The minimum Gasteiger partial charge on any atom is -0.484 e. The average molecular weight is 358 g/mol. The number of nitrogens with zero attached hydrogens (tertiary/aromatic N) is 5. The molecule has 124 valence electrons. The van der Waals surface area contributed by atoms with Gasteiger partial charge in [-0.05, 0) is 6.92 Å². The maximum Gasteiger partial charge on any atom is 0.211 e. The zero-order valence-corrected chi connectivity index (χ0v) is 14.3. The molecule has 1 atom stereocenters. The minimum absolute atomic E-state index is 0.209. The van der Waals surface area contributed by atoms with Crippen LogP contribution in [0.1, 0.15) is 24.6 Å². The third kappa shape index (κ3) is 3.31. The first-order chi connectivity index (χ1) is 10.9. The van der Waals surface area contributed by atoms with Crippen molar-refractivity contribution < 1.29 is 13.2 Å². The number of halogens is 1. The Morgan fingerprint density at radius 3 is 2.83 bits per heavy atom. The summed E-state index contributed by atoms with van der Waals surface area (Å²) in [6.07, 6.45) is 4.29. The van der Waals surface area contributed by atoms with Gasteiger partial charge in [0.2, 0.25) is 10.0 Å². The molecule has 8 nitrogen and oxygen atoms in total. The van der Waals surface area contributed by atoms with Crippen molar-refractivity contribution in [2.75, 3.05) is 12.8 Å². The lowest BCUT2D eigenvalue weighted by Gasteiger charge is -2.31. The first-order valence-corrected chi connectivity index (χ1v) is 9.21. The standard InChI is InChI=1S/C13H16ClN5O3S/c1-9-13-17-16-12(8-22-11-5-10(14)6-15-7-11)18(13)3-4-19(9)23(2,20)21/h5-7,9H,3-4,8H2,1-2H3/t9-/m1/s1. The number of hydrogen-bond acceptors (Lipinski definition) is 6. The molecule has 0 unspecified atom stereocenters. The van der Waals surface area contributed by atoms with Gasteiger partial charge in [0, 0.05) is 25.4 Å². The van der Waals surface area contributed by atoms with Crippen LogP contribution in [0.3, 0.4) is 0 Å². The Kier molecular flexibility index (Phi) is 4.26. The van der Waals surface area contributed by atoms with E-state index in [1.54, 1.807) is 19.2 Å². The van der Waals surface area contributed by atoms with Gasteiger partial charge in [-0.2, -0.15) is 4.31 Å². The number of rotatable bonds is 4. The van der Waals surface area contributed by atoms with E-state index in [4.69, 9.17) is 16.3 Å². The number of hydrogen-bond donors (Lipinski definition) is 0. The summed E-state index contributed by atoms with van der Waals surface area (Å²) in [5, 5.41) is 8.72. The number of sulfonamides is 1. The van der Waals surface area contributed by atoms with Gasteiger partial charge in [-0.15, -0.1) is 10.2 Å². The molecule has 0 saturated carbocycles. The molecule has 0 aromatic carbocycles. The van der Waals surface area contributed by atoms with E-state index in [1.165, 1.54) is 16.8 Å². The Morgan fingerprint density at radius 1 is 1.35 bits per heavy atom. The van der Waals surface area contributed by atoms with E-state index < -0.39 is 10.0 Å². The molecule has 0 fully saturated rings. The summed E-state index contributed by atoms with van der Waals surface area (Å²) in [5.74, 6) is 1.79. The van der Waals surface area contributed by atoms with E-state index in [-0.39, 0.29) is 12.6 Å². The average Bonchev–Trinajstić information content (AvgIpc) is 2.88. The smallest absolute Gasteiger partial charge is 0.211 e. The van der Waals surface area contributed by atoms with E-state index in [2.05, 4.69) is 15.2 Å². The van der Waals surface area contributed by atoms with Gasteiger partial charge in [-0.1, -0.05) is 11.6 Å². The van der Waals surface area contributed by atoms with Crippen molar-refractivity contribution in [2.24, 2.45) is 0 Å². The normalized spacial score (nSPS) is 18.7. The van der Waals surface area contributed by atoms with Gasteiger partial charge in [0.05, 0.1) is 23.5 Å². The van der Waals surface area contributed by atoms with Crippen LogP contribution in [0.2, 0.25) is 5.02 Å². The van der Waals surface area contributed by atoms with Crippen LogP contribution in [-0.4, -0.2) is 45.3 Å². The van der Waals surface area contributed by atoms with Gasteiger partial charge in [0.25, 0.3) is 0 Å². The van der Waals surface area contributed by atoms with E-state index >= 15 is 0 Å². The predicted octanol–water partition coefficient (Wildman–Crippen LogP) is 1.24. The summed E-state index contributed by atoms with van der Waals surface area (Å²) < 4.78 is 32.5. The number of pyridine rings is 1. The molecule has 10 heteroatoms. The van der Waals surface area contributed by atoms with E-state index in [1.807, 2.05) is 4.57 Å². The Labute approximate surface area is 139 Å². The third-order valence-electron chi connectivity index (χ3n) is 3.68. The second-order valence-electron chi connectivity index (χ2n) is 5.30. The lowest BCUT2D eigenvalue weighted by Crippen LogP contribution is -2.41. The molecule has 0 radical (unpaired) electrons. The predicted molar refractivity (Wildman–Crippen MR) is 83.6 cm³/mol. The van der Waals surface area contributed by atoms with Crippen molar-refractivity contribution in [3.8, 4) is 5.75 Å². The maximum atomic E-state index is 11.8. The minimum atomic E-state index is -3.27. The quantitative estimate of drug-likeness (QED) is 0.817. The van der Waals surface area contributed by atoms with Crippen molar-refractivity contribution in [2.45, 2.75) is 26.1 Å². The molecule has 0 aliphatic carbocycles.